The van der Waals surface area contributed by atoms with E-state index in [-0.39, 0.29) is 12.7 Å². The lowest BCUT2D eigenvalue weighted by atomic mass is 10.1. The van der Waals surface area contributed by atoms with E-state index in [2.05, 4.69) is 33.1 Å². The molecular weight excluding hydrogens is 455 g/mol. The van der Waals surface area contributed by atoms with Crippen molar-refractivity contribution in [2.45, 2.75) is 6.92 Å². The summed E-state index contributed by atoms with van der Waals surface area (Å²) in [4.78, 5) is 12.1. The van der Waals surface area contributed by atoms with Crippen LogP contribution in [0.5, 0.6) is 11.5 Å². The predicted octanol–water partition coefficient (Wildman–Crippen LogP) is 4.49. The van der Waals surface area contributed by atoms with Gasteiger partial charge in [-0.1, -0.05) is 23.7 Å². The van der Waals surface area contributed by atoms with Gasteiger partial charge in [0.05, 0.1) is 16.8 Å². The summed E-state index contributed by atoms with van der Waals surface area (Å²) in [5.41, 5.74) is 4.70. The number of hydrogen-bond acceptors (Lipinski definition) is 4. The van der Waals surface area contributed by atoms with E-state index >= 15 is 0 Å². The molecule has 5 nitrogen and oxygen atoms in total. The Kier molecular flexibility index (Phi) is 5.60. The highest BCUT2D eigenvalue weighted by molar-refractivity contribution is 14.1. The van der Waals surface area contributed by atoms with Crippen LogP contribution in [0.1, 0.15) is 22.8 Å². The van der Waals surface area contributed by atoms with Crippen molar-refractivity contribution in [1.29, 1.82) is 0 Å². The maximum atomic E-state index is 12.1. The van der Waals surface area contributed by atoms with Gasteiger partial charge in [-0.15, -0.1) is 0 Å². The summed E-state index contributed by atoms with van der Waals surface area (Å²) >= 11 is 8.16. The molecule has 0 fully saturated rings. The minimum Gasteiger partial charge on any atom is -0.454 e. The van der Waals surface area contributed by atoms with Gasteiger partial charge in [0.25, 0.3) is 5.91 Å². The zero-order valence-corrected chi connectivity index (χ0v) is 16.2. The molecule has 0 saturated heterocycles. The number of amides is 1. The Morgan fingerprint density at radius 3 is 2.88 bits per heavy atom. The SMILES string of the molecule is CC(/C=N/NC(=O)c1cc(I)ccc1Cl)=C\c1ccc2c(c1)OCO2. The Labute approximate surface area is 163 Å². The maximum Gasteiger partial charge on any atom is 0.272 e. The molecule has 1 amide bonds. The molecule has 0 unspecified atom stereocenters. The van der Waals surface area contributed by atoms with Gasteiger partial charge in [0, 0.05) is 3.57 Å². The molecule has 128 valence electrons. The van der Waals surface area contributed by atoms with Crippen LogP contribution >= 0.6 is 34.2 Å². The first-order valence-corrected chi connectivity index (χ1v) is 8.85. The molecule has 0 radical (unpaired) electrons. The lowest BCUT2D eigenvalue weighted by Gasteiger charge is -2.03. The molecular formula is C18H14ClIN2O3. The third-order valence-electron chi connectivity index (χ3n) is 3.40. The van der Waals surface area contributed by atoms with E-state index in [1.165, 1.54) is 0 Å². The van der Waals surface area contributed by atoms with E-state index in [0.717, 1.165) is 26.2 Å². The number of rotatable bonds is 4. The smallest absolute Gasteiger partial charge is 0.272 e. The Morgan fingerprint density at radius 1 is 1.24 bits per heavy atom. The number of halogens is 2. The van der Waals surface area contributed by atoms with Crippen molar-refractivity contribution in [2.75, 3.05) is 6.79 Å². The zero-order chi connectivity index (χ0) is 17.8. The van der Waals surface area contributed by atoms with Crippen LogP contribution in [0.3, 0.4) is 0 Å². The summed E-state index contributed by atoms with van der Waals surface area (Å²) in [5, 5.41) is 4.37. The Bertz CT molecular complexity index is 881. The minimum absolute atomic E-state index is 0.246. The number of carbonyl (C=O) groups is 1. The van der Waals surface area contributed by atoms with Crippen molar-refractivity contribution in [3.05, 3.63) is 61.7 Å². The fraction of sp³-hybridized carbons (Fsp3) is 0.111. The fourth-order valence-corrected chi connectivity index (χ4v) is 2.92. The van der Waals surface area contributed by atoms with Crippen LogP contribution < -0.4 is 14.9 Å². The van der Waals surface area contributed by atoms with Crippen molar-refractivity contribution in [3.63, 3.8) is 0 Å². The number of allylic oxidation sites excluding steroid dienone is 1. The summed E-state index contributed by atoms with van der Waals surface area (Å²) in [6.45, 7) is 2.13. The monoisotopic (exact) mass is 468 g/mol. The largest absolute Gasteiger partial charge is 0.454 e. The predicted molar refractivity (Wildman–Crippen MR) is 106 cm³/mol. The molecule has 0 saturated carbocycles. The van der Waals surface area contributed by atoms with Gasteiger partial charge in [-0.3, -0.25) is 4.79 Å². The number of carbonyl (C=O) groups excluding carboxylic acids is 1. The molecule has 0 atom stereocenters. The number of nitrogens with zero attached hydrogens (tertiary/aromatic N) is 1. The highest BCUT2D eigenvalue weighted by Crippen LogP contribution is 2.33. The fourth-order valence-electron chi connectivity index (χ4n) is 2.23. The summed E-state index contributed by atoms with van der Waals surface area (Å²) in [7, 11) is 0. The molecule has 7 heteroatoms. The van der Waals surface area contributed by atoms with Gasteiger partial charge in [-0.05, 0) is 71.0 Å². The van der Waals surface area contributed by atoms with Crippen LogP contribution in [-0.4, -0.2) is 18.9 Å². The zero-order valence-electron chi connectivity index (χ0n) is 13.3. The number of fused-ring (bicyclic) bond motifs is 1. The van der Waals surface area contributed by atoms with E-state index in [1.807, 2.05) is 37.3 Å². The number of ether oxygens (including phenoxy) is 2. The highest BCUT2D eigenvalue weighted by Gasteiger charge is 2.12. The lowest BCUT2D eigenvalue weighted by Crippen LogP contribution is -2.18. The lowest BCUT2D eigenvalue weighted by molar-refractivity contribution is 0.0955. The van der Waals surface area contributed by atoms with Crippen molar-refractivity contribution in [2.24, 2.45) is 5.10 Å². The first-order valence-electron chi connectivity index (χ1n) is 7.39. The number of hydrazone groups is 1. The molecule has 0 spiro atoms. The second kappa shape index (κ2) is 7.88. The molecule has 2 aromatic rings. The summed E-state index contributed by atoms with van der Waals surface area (Å²) < 4.78 is 11.6. The molecule has 25 heavy (non-hydrogen) atoms. The van der Waals surface area contributed by atoms with Crippen LogP contribution in [0.2, 0.25) is 5.02 Å². The van der Waals surface area contributed by atoms with Crippen LogP contribution in [-0.2, 0) is 0 Å². The van der Waals surface area contributed by atoms with E-state index in [0.29, 0.717) is 10.6 Å². The molecule has 0 aromatic heterocycles. The normalized spacial score (nSPS) is 13.3. The second-order valence-electron chi connectivity index (χ2n) is 5.32. The highest BCUT2D eigenvalue weighted by atomic mass is 127. The number of benzene rings is 2. The van der Waals surface area contributed by atoms with E-state index in [4.69, 9.17) is 21.1 Å². The third-order valence-corrected chi connectivity index (χ3v) is 4.40. The number of hydrogen-bond donors (Lipinski definition) is 1. The number of nitrogens with one attached hydrogen (secondary N) is 1. The summed E-state index contributed by atoms with van der Waals surface area (Å²) in [5.74, 6) is 1.11. The van der Waals surface area contributed by atoms with E-state index in [1.54, 1.807) is 18.3 Å². The van der Waals surface area contributed by atoms with E-state index < -0.39 is 0 Å². The van der Waals surface area contributed by atoms with Crippen molar-refractivity contribution in [3.8, 4) is 11.5 Å². The van der Waals surface area contributed by atoms with Gasteiger partial charge >= 0.3 is 0 Å². The molecule has 3 rings (SSSR count). The van der Waals surface area contributed by atoms with Crippen LogP contribution in [0.25, 0.3) is 6.08 Å². The second-order valence-corrected chi connectivity index (χ2v) is 6.98. The van der Waals surface area contributed by atoms with Gasteiger partial charge in [0.15, 0.2) is 11.5 Å². The average molecular weight is 469 g/mol. The summed E-state index contributed by atoms with van der Waals surface area (Å²) in [6, 6.07) is 10.9. The Hall–Kier alpha value is -2.06. The standard InChI is InChI=1S/C18H14ClIN2O3/c1-11(6-12-2-5-16-17(7-12)25-10-24-16)9-21-22-18(23)14-8-13(20)3-4-15(14)19/h2-9H,10H2,1H3,(H,22,23)/b11-6+,21-9+. The molecule has 0 aliphatic carbocycles. The van der Waals surface area contributed by atoms with Crippen molar-refractivity contribution in [1.82, 2.24) is 5.43 Å². The van der Waals surface area contributed by atoms with Crippen LogP contribution in [0, 0.1) is 3.57 Å². The van der Waals surface area contributed by atoms with Gasteiger partial charge in [-0.25, -0.2) is 5.43 Å². The molecule has 1 N–H and O–H groups in total. The first kappa shape index (κ1) is 17.8. The van der Waals surface area contributed by atoms with Gasteiger partial charge < -0.3 is 9.47 Å². The van der Waals surface area contributed by atoms with Crippen molar-refractivity contribution >= 4 is 52.4 Å². The topological polar surface area (TPSA) is 59.9 Å². The maximum absolute atomic E-state index is 12.1. The third kappa shape index (κ3) is 4.52. The Morgan fingerprint density at radius 2 is 2.04 bits per heavy atom. The molecule has 2 aromatic carbocycles. The van der Waals surface area contributed by atoms with Crippen LogP contribution in [0.15, 0.2) is 47.1 Å². The van der Waals surface area contributed by atoms with Gasteiger partial charge in [0.2, 0.25) is 6.79 Å². The van der Waals surface area contributed by atoms with E-state index in [9.17, 15) is 4.79 Å². The summed E-state index contributed by atoms with van der Waals surface area (Å²) in [6.07, 6.45) is 3.50. The average Bonchev–Trinajstić information content (AvgIpc) is 3.04. The van der Waals surface area contributed by atoms with Crippen molar-refractivity contribution < 1.29 is 14.3 Å². The van der Waals surface area contributed by atoms with Gasteiger partial charge in [0.1, 0.15) is 0 Å². The molecule has 1 aliphatic heterocycles. The quantitative estimate of drug-likeness (QED) is 0.409. The Balaban J connectivity index is 1.65. The molecule has 1 aliphatic rings. The first-order chi connectivity index (χ1) is 12.0. The van der Waals surface area contributed by atoms with Crippen LogP contribution in [0.4, 0.5) is 0 Å². The molecule has 1 heterocycles. The minimum atomic E-state index is -0.351. The molecule has 0 bridgehead atoms. The van der Waals surface area contributed by atoms with Gasteiger partial charge in [-0.2, -0.15) is 5.10 Å².